The minimum absolute atomic E-state index is 0.0242. The van der Waals surface area contributed by atoms with Crippen molar-refractivity contribution in [1.82, 2.24) is 29.7 Å². The smallest absolute Gasteiger partial charge is 0.222 e. The molecule has 1 aliphatic rings. The van der Waals surface area contributed by atoms with Crippen LogP contribution in [0.15, 0.2) is 49.2 Å². The molecule has 0 aliphatic carbocycles. The van der Waals surface area contributed by atoms with E-state index in [1.165, 1.54) is 0 Å². The largest absolute Gasteiger partial charge is 0.355 e. The normalized spacial score (nSPS) is 16.0. The number of rotatable bonds is 5. The average molecular weight is 469 g/mol. The maximum absolute atomic E-state index is 12.1. The van der Waals surface area contributed by atoms with Crippen LogP contribution in [0.1, 0.15) is 32.3 Å². The van der Waals surface area contributed by atoms with Gasteiger partial charge in [0.2, 0.25) is 5.91 Å². The Kier molecular flexibility index (Phi) is 5.95. The highest BCUT2D eigenvalue weighted by atomic mass is 16.1. The van der Waals surface area contributed by atoms with E-state index in [1.807, 2.05) is 57.8 Å². The van der Waals surface area contributed by atoms with Crippen LogP contribution in [0.2, 0.25) is 0 Å². The van der Waals surface area contributed by atoms with Crippen LogP contribution in [-0.2, 0) is 11.8 Å². The first-order valence-electron chi connectivity index (χ1n) is 11.8. The molecule has 9 nitrogen and oxygen atoms in total. The third-order valence-electron chi connectivity index (χ3n) is 6.45. The van der Waals surface area contributed by atoms with Crippen molar-refractivity contribution < 1.29 is 4.79 Å². The molecule has 0 saturated carbocycles. The monoisotopic (exact) mass is 468 g/mol. The highest BCUT2D eigenvalue weighted by Crippen LogP contribution is 2.32. The summed E-state index contributed by atoms with van der Waals surface area (Å²) in [5.74, 6) is 0.946. The first-order valence-corrected chi connectivity index (χ1v) is 11.8. The molecule has 5 rings (SSSR count). The number of nitrogens with one attached hydrogen (secondary N) is 1. The summed E-state index contributed by atoms with van der Waals surface area (Å²) in [4.78, 5) is 19.1. The molecular weight excluding hydrogens is 440 g/mol. The van der Waals surface area contributed by atoms with Gasteiger partial charge in [-0.05, 0) is 31.0 Å². The van der Waals surface area contributed by atoms with Crippen LogP contribution in [0.4, 0.5) is 5.82 Å². The van der Waals surface area contributed by atoms with Crippen LogP contribution in [0, 0.1) is 17.2 Å². The van der Waals surface area contributed by atoms with Crippen molar-refractivity contribution in [1.29, 1.82) is 5.26 Å². The molecule has 4 aromatic heterocycles. The van der Waals surface area contributed by atoms with Crippen LogP contribution in [0.3, 0.4) is 0 Å². The maximum Gasteiger partial charge on any atom is 0.222 e. The van der Waals surface area contributed by atoms with Gasteiger partial charge in [-0.2, -0.15) is 15.5 Å². The number of aryl methyl sites for hydroxylation is 1. The molecule has 0 spiro atoms. The maximum atomic E-state index is 12.1. The SMILES string of the molecule is CC(C)C(=O)N[C@@H]1CCCN(c2ccc(-c3cc(-c4cnn(C)c4)cn4ncc(C#N)c34)cn2)C1. The van der Waals surface area contributed by atoms with Gasteiger partial charge in [-0.25, -0.2) is 9.50 Å². The van der Waals surface area contributed by atoms with Gasteiger partial charge in [0, 0.05) is 72.9 Å². The second-order valence-electron chi connectivity index (χ2n) is 9.36. The van der Waals surface area contributed by atoms with Gasteiger partial charge in [-0.1, -0.05) is 13.8 Å². The van der Waals surface area contributed by atoms with Gasteiger partial charge in [0.15, 0.2) is 0 Å². The van der Waals surface area contributed by atoms with Crippen LogP contribution < -0.4 is 10.2 Å². The van der Waals surface area contributed by atoms with Crippen LogP contribution in [0.5, 0.6) is 0 Å². The highest BCUT2D eigenvalue weighted by molar-refractivity contribution is 5.87. The summed E-state index contributed by atoms with van der Waals surface area (Å²) >= 11 is 0. The molecule has 35 heavy (non-hydrogen) atoms. The van der Waals surface area contributed by atoms with Crippen LogP contribution in [-0.4, -0.2) is 49.4 Å². The summed E-state index contributed by atoms with van der Waals surface area (Å²) < 4.78 is 3.51. The van der Waals surface area contributed by atoms with Gasteiger partial charge in [0.25, 0.3) is 0 Å². The molecule has 1 N–H and O–H groups in total. The number of piperidine rings is 1. The number of amides is 1. The van der Waals surface area contributed by atoms with Gasteiger partial charge in [-0.3, -0.25) is 9.48 Å². The van der Waals surface area contributed by atoms with Crippen molar-refractivity contribution in [2.24, 2.45) is 13.0 Å². The van der Waals surface area contributed by atoms with Crippen molar-refractivity contribution in [3.8, 4) is 28.3 Å². The number of pyridine rings is 2. The number of aromatic nitrogens is 5. The average Bonchev–Trinajstić information content (AvgIpc) is 3.49. The molecule has 0 radical (unpaired) electrons. The standard InChI is InChI=1S/C26H28N8O/c1-17(2)26(35)31-22-5-4-8-33(16-22)24-7-6-18(11-28-24)23-9-19(21-13-29-32(3)14-21)15-34-25(23)20(10-27)12-30-34/h6-7,9,11-15,17,22H,4-5,8,16H2,1-3H3,(H,31,35)/t22-/m1/s1. The highest BCUT2D eigenvalue weighted by Gasteiger charge is 2.23. The van der Waals surface area contributed by atoms with E-state index in [-0.39, 0.29) is 17.9 Å². The Bertz CT molecular complexity index is 1410. The van der Waals surface area contributed by atoms with Gasteiger partial charge < -0.3 is 10.2 Å². The van der Waals surface area contributed by atoms with E-state index in [0.717, 1.165) is 59.5 Å². The van der Waals surface area contributed by atoms with E-state index in [1.54, 1.807) is 15.4 Å². The summed E-state index contributed by atoms with van der Waals surface area (Å²) in [6.45, 7) is 5.47. The van der Waals surface area contributed by atoms with Gasteiger partial charge in [0.05, 0.1) is 23.5 Å². The lowest BCUT2D eigenvalue weighted by Gasteiger charge is -2.34. The second kappa shape index (κ2) is 9.22. The molecule has 5 heterocycles. The Hall–Kier alpha value is -4.19. The van der Waals surface area contributed by atoms with E-state index in [4.69, 9.17) is 4.98 Å². The minimum Gasteiger partial charge on any atom is -0.355 e. The lowest BCUT2D eigenvalue weighted by molar-refractivity contribution is -0.124. The van der Waals surface area contributed by atoms with E-state index in [0.29, 0.717) is 5.56 Å². The molecule has 1 saturated heterocycles. The molecule has 1 aliphatic heterocycles. The van der Waals surface area contributed by atoms with E-state index < -0.39 is 0 Å². The predicted molar refractivity (Wildman–Crippen MR) is 134 cm³/mol. The van der Waals surface area contributed by atoms with Gasteiger partial charge in [0.1, 0.15) is 11.9 Å². The van der Waals surface area contributed by atoms with Gasteiger partial charge >= 0.3 is 0 Å². The first-order chi connectivity index (χ1) is 16.9. The van der Waals surface area contributed by atoms with E-state index >= 15 is 0 Å². The Balaban J connectivity index is 1.46. The Morgan fingerprint density at radius 3 is 2.69 bits per heavy atom. The van der Waals surface area contributed by atoms with Crippen molar-refractivity contribution >= 4 is 17.2 Å². The fraction of sp³-hybridized carbons (Fsp3) is 0.346. The van der Waals surface area contributed by atoms with Crippen molar-refractivity contribution in [3.63, 3.8) is 0 Å². The first kappa shape index (κ1) is 22.6. The van der Waals surface area contributed by atoms with E-state index in [9.17, 15) is 10.1 Å². The predicted octanol–water partition coefficient (Wildman–Crippen LogP) is 3.41. The molecule has 1 atom stereocenters. The number of nitriles is 1. The lowest BCUT2D eigenvalue weighted by Crippen LogP contribution is -2.49. The van der Waals surface area contributed by atoms with Crippen molar-refractivity contribution in [2.75, 3.05) is 18.0 Å². The Morgan fingerprint density at radius 2 is 2.00 bits per heavy atom. The summed E-state index contributed by atoms with van der Waals surface area (Å²) in [5, 5.41) is 21.5. The number of fused-ring (bicyclic) bond motifs is 1. The molecule has 0 bridgehead atoms. The topological polar surface area (TPSA) is 104 Å². The molecule has 1 fully saturated rings. The summed E-state index contributed by atoms with van der Waals surface area (Å²) in [5.41, 5.74) is 4.99. The molecule has 0 unspecified atom stereocenters. The molecule has 0 aromatic carbocycles. The zero-order valence-electron chi connectivity index (χ0n) is 20.1. The number of carbonyl (C=O) groups excluding carboxylic acids is 1. The Labute approximate surface area is 204 Å². The molecule has 178 valence electrons. The molecule has 1 amide bonds. The third kappa shape index (κ3) is 4.47. The molecule has 4 aromatic rings. The zero-order chi connectivity index (χ0) is 24.5. The van der Waals surface area contributed by atoms with E-state index in [2.05, 4.69) is 32.5 Å². The second-order valence-corrected chi connectivity index (χ2v) is 9.36. The number of nitrogens with zero attached hydrogens (tertiary/aromatic N) is 7. The van der Waals surface area contributed by atoms with Crippen LogP contribution >= 0.6 is 0 Å². The molecular formula is C26H28N8O. The molecule has 9 heteroatoms. The van der Waals surface area contributed by atoms with Gasteiger partial charge in [-0.15, -0.1) is 0 Å². The summed E-state index contributed by atoms with van der Waals surface area (Å²) in [6.07, 6.45) is 11.1. The fourth-order valence-corrected chi connectivity index (χ4v) is 4.55. The zero-order valence-corrected chi connectivity index (χ0v) is 20.1. The minimum atomic E-state index is -0.0242. The number of anilines is 1. The Morgan fingerprint density at radius 1 is 1.14 bits per heavy atom. The summed E-state index contributed by atoms with van der Waals surface area (Å²) in [7, 11) is 1.88. The van der Waals surface area contributed by atoms with Crippen molar-refractivity contribution in [3.05, 3.63) is 54.7 Å². The van der Waals surface area contributed by atoms with Crippen molar-refractivity contribution in [2.45, 2.75) is 32.7 Å². The number of hydrogen-bond acceptors (Lipinski definition) is 6. The lowest BCUT2D eigenvalue weighted by atomic mass is 10.0. The number of hydrogen-bond donors (Lipinski definition) is 1. The van der Waals surface area contributed by atoms with Crippen LogP contribution in [0.25, 0.3) is 27.8 Å². The quantitative estimate of drug-likeness (QED) is 0.481. The number of carbonyl (C=O) groups is 1. The third-order valence-corrected chi connectivity index (χ3v) is 6.45. The fourth-order valence-electron chi connectivity index (χ4n) is 4.55. The summed E-state index contributed by atoms with van der Waals surface area (Å²) in [6, 6.07) is 8.49.